The molecule has 0 radical (unpaired) electrons. The monoisotopic (exact) mass is 233 g/mol. The molecule has 0 spiro atoms. The molecule has 17 heavy (non-hydrogen) atoms. The molecule has 0 aromatic heterocycles. The molecule has 1 heterocycles. The van der Waals surface area contributed by atoms with Crippen molar-refractivity contribution in [3.63, 3.8) is 0 Å². The predicted molar refractivity (Wildman–Crippen MR) is 71.7 cm³/mol. The molecule has 94 valence electrons. The van der Waals surface area contributed by atoms with E-state index >= 15 is 0 Å². The standard InChI is InChI=1S/C15H23NO/c1-11(2)14-5-4-12(3)15(8-14)17-7-6-13-9-16-10-13/h4-5,8,11,13,16H,6-7,9-10H2,1-3H3. The first kappa shape index (κ1) is 12.4. The summed E-state index contributed by atoms with van der Waals surface area (Å²) >= 11 is 0. The van der Waals surface area contributed by atoms with Gasteiger partial charge < -0.3 is 10.1 Å². The molecule has 2 heteroatoms. The Morgan fingerprint density at radius 3 is 2.71 bits per heavy atom. The number of hydrogen-bond acceptors (Lipinski definition) is 2. The Morgan fingerprint density at radius 2 is 2.12 bits per heavy atom. The van der Waals surface area contributed by atoms with E-state index < -0.39 is 0 Å². The first-order chi connectivity index (χ1) is 8.16. The lowest BCUT2D eigenvalue weighted by Crippen LogP contribution is -2.42. The minimum atomic E-state index is 0.564. The largest absolute Gasteiger partial charge is 0.493 e. The zero-order chi connectivity index (χ0) is 12.3. The van der Waals surface area contributed by atoms with E-state index in [4.69, 9.17) is 4.74 Å². The van der Waals surface area contributed by atoms with Gasteiger partial charge in [0.1, 0.15) is 5.75 Å². The molecule has 0 saturated carbocycles. The lowest BCUT2D eigenvalue weighted by atomic mass is 10.00. The van der Waals surface area contributed by atoms with Gasteiger partial charge in [0.15, 0.2) is 0 Å². The molecule has 1 aromatic rings. The van der Waals surface area contributed by atoms with E-state index in [9.17, 15) is 0 Å². The lowest BCUT2D eigenvalue weighted by molar-refractivity contribution is 0.237. The normalized spacial score (nSPS) is 16.0. The van der Waals surface area contributed by atoms with Gasteiger partial charge in [-0.05, 0) is 55.5 Å². The third-order valence-electron chi connectivity index (χ3n) is 3.53. The van der Waals surface area contributed by atoms with E-state index in [1.54, 1.807) is 0 Å². The number of hydrogen-bond donors (Lipinski definition) is 1. The Hall–Kier alpha value is -1.02. The molecule has 0 aliphatic carbocycles. The molecule has 1 aliphatic rings. The van der Waals surface area contributed by atoms with Crippen molar-refractivity contribution in [3.05, 3.63) is 29.3 Å². The van der Waals surface area contributed by atoms with Gasteiger partial charge >= 0.3 is 0 Å². The Bertz CT molecular complexity index is 369. The second-order valence-electron chi connectivity index (χ2n) is 5.34. The SMILES string of the molecule is Cc1ccc(C(C)C)cc1OCCC1CNC1. The number of aryl methyl sites for hydroxylation is 1. The van der Waals surface area contributed by atoms with Crippen LogP contribution in [0.4, 0.5) is 0 Å². The third-order valence-corrected chi connectivity index (χ3v) is 3.53. The van der Waals surface area contributed by atoms with Gasteiger partial charge in [-0.15, -0.1) is 0 Å². The summed E-state index contributed by atoms with van der Waals surface area (Å²) < 4.78 is 5.91. The molecule has 2 rings (SSSR count). The van der Waals surface area contributed by atoms with Gasteiger partial charge in [-0.1, -0.05) is 26.0 Å². The van der Waals surface area contributed by atoms with Crippen LogP contribution in [0.3, 0.4) is 0 Å². The second kappa shape index (κ2) is 5.54. The van der Waals surface area contributed by atoms with E-state index in [0.717, 1.165) is 31.4 Å². The molecule has 0 unspecified atom stereocenters. The minimum Gasteiger partial charge on any atom is -0.493 e. The Labute approximate surface area is 104 Å². The van der Waals surface area contributed by atoms with Gasteiger partial charge in [0.2, 0.25) is 0 Å². The second-order valence-corrected chi connectivity index (χ2v) is 5.34. The zero-order valence-corrected chi connectivity index (χ0v) is 11.1. The highest BCUT2D eigenvalue weighted by molar-refractivity contribution is 5.37. The Morgan fingerprint density at radius 1 is 1.35 bits per heavy atom. The van der Waals surface area contributed by atoms with Crippen LogP contribution in [0.25, 0.3) is 0 Å². The molecule has 0 bridgehead atoms. The summed E-state index contributed by atoms with van der Waals surface area (Å²) in [5, 5.41) is 3.29. The number of benzene rings is 1. The Balaban J connectivity index is 1.91. The molecule has 0 amide bonds. The van der Waals surface area contributed by atoms with Crippen LogP contribution in [-0.4, -0.2) is 19.7 Å². The molecule has 0 atom stereocenters. The molecule has 1 saturated heterocycles. The van der Waals surface area contributed by atoms with Crippen molar-refractivity contribution >= 4 is 0 Å². The molecule has 1 aliphatic heterocycles. The van der Waals surface area contributed by atoms with Crippen LogP contribution in [0.2, 0.25) is 0 Å². The van der Waals surface area contributed by atoms with Crippen molar-refractivity contribution in [1.82, 2.24) is 5.32 Å². The van der Waals surface area contributed by atoms with E-state index in [0.29, 0.717) is 5.92 Å². The van der Waals surface area contributed by atoms with Gasteiger partial charge in [-0.25, -0.2) is 0 Å². The summed E-state index contributed by atoms with van der Waals surface area (Å²) in [6.07, 6.45) is 1.17. The summed E-state index contributed by atoms with van der Waals surface area (Å²) in [5.41, 5.74) is 2.59. The number of rotatable bonds is 5. The summed E-state index contributed by atoms with van der Waals surface area (Å²) in [4.78, 5) is 0. The zero-order valence-electron chi connectivity index (χ0n) is 11.1. The maximum Gasteiger partial charge on any atom is 0.122 e. The summed E-state index contributed by atoms with van der Waals surface area (Å²) in [6, 6.07) is 6.55. The molecular formula is C15H23NO. The molecule has 1 aromatic carbocycles. The van der Waals surface area contributed by atoms with Crippen molar-refractivity contribution in [3.8, 4) is 5.75 Å². The van der Waals surface area contributed by atoms with E-state index in [-0.39, 0.29) is 0 Å². The van der Waals surface area contributed by atoms with Crippen LogP contribution in [0.5, 0.6) is 5.75 Å². The summed E-state index contributed by atoms with van der Waals surface area (Å²) in [7, 11) is 0. The number of nitrogens with one attached hydrogen (secondary N) is 1. The van der Waals surface area contributed by atoms with Crippen LogP contribution >= 0.6 is 0 Å². The maximum absolute atomic E-state index is 5.91. The maximum atomic E-state index is 5.91. The highest BCUT2D eigenvalue weighted by Crippen LogP contribution is 2.24. The van der Waals surface area contributed by atoms with Crippen molar-refractivity contribution in [2.45, 2.75) is 33.1 Å². The van der Waals surface area contributed by atoms with Gasteiger partial charge in [0.05, 0.1) is 6.61 Å². The molecule has 2 nitrogen and oxygen atoms in total. The third kappa shape index (κ3) is 3.22. The van der Waals surface area contributed by atoms with Crippen LogP contribution in [0.15, 0.2) is 18.2 Å². The van der Waals surface area contributed by atoms with Gasteiger partial charge in [-0.3, -0.25) is 0 Å². The summed E-state index contributed by atoms with van der Waals surface area (Å²) in [6.45, 7) is 9.71. The van der Waals surface area contributed by atoms with Crippen molar-refractivity contribution in [2.24, 2.45) is 5.92 Å². The Kier molecular flexibility index (Phi) is 4.06. The average Bonchev–Trinajstić information content (AvgIpc) is 2.23. The fourth-order valence-corrected chi connectivity index (χ4v) is 2.02. The topological polar surface area (TPSA) is 21.3 Å². The van der Waals surface area contributed by atoms with Gasteiger partial charge in [0, 0.05) is 0 Å². The van der Waals surface area contributed by atoms with Crippen LogP contribution in [0.1, 0.15) is 37.3 Å². The lowest BCUT2D eigenvalue weighted by Gasteiger charge is -2.27. The van der Waals surface area contributed by atoms with E-state index in [1.807, 2.05) is 0 Å². The molecular weight excluding hydrogens is 210 g/mol. The van der Waals surface area contributed by atoms with Crippen molar-refractivity contribution < 1.29 is 4.74 Å². The minimum absolute atomic E-state index is 0.564. The average molecular weight is 233 g/mol. The van der Waals surface area contributed by atoms with Crippen LogP contribution in [0, 0.1) is 12.8 Å². The van der Waals surface area contributed by atoms with Gasteiger partial charge in [0.25, 0.3) is 0 Å². The van der Waals surface area contributed by atoms with Crippen LogP contribution < -0.4 is 10.1 Å². The fourth-order valence-electron chi connectivity index (χ4n) is 2.02. The highest BCUT2D eigenvalue weighted by Gasteiger charge is 2.16. The quantitative estimate of drug-likeness (QED) is 0.843. The first-order valence-electron chi connectivity index (χ1n) is 6.61. The summed E-state index contributed by atoms with van der Waals surface area (Å²) in [5.74, 6) is 2.45. The molecule has 1 N–H and O–H groups in total. The predicted octanol–water partition coefficient (Wildman–Crippen LogP) is 3.11. The van der Waals surface area contributed by atoms with Crippen LogP contribution in [-0.2, 0) is 0 Å². The highest BCUT2D eigenvalue weighted by atomic mass is 16.5. The fraction of sp³-hybridized carbons (Fsp3) is 0.600. The van der Waals surface area contributed by atoms with E-state index in [2.05, 4.69) is 44.3 Å². The smallest absolute Gasteiger partial charge is 0.122 e. The van der Waals surface area contributed by atoms with Crippen molar-refractivity contribution in [1.29, 1.82) is 0 Å². The van der Waals surface area contributed by atoms with Gasteiger partial charge in [-0.2, -0.15) is 0 Å². The first-order valence-corrected chi connectivity index (χ1v) is 6.61. The van der Waals surface area contributed by atoms with E-state index in [1.165, 1.54) is 17.5 Å². The van der Waals surface area contributed by atoms with Crippen molar-refractivity contribution in [2.75, 3.05) is 19.7 Å². The number of ether oxygens (including phenoxy) is 1. The molecule has 1 fully saturated rings.